The quantitative estimate of drug-likeness (QED) is 0.130. The molecule has 3 aromatic carbocycles. The van der Waals surface area contributed by atoms with Crippen LogP contribution in [0.2, 0.25) is 10.0 Å². The third kappa shape index (κ3) is 8.43. The van der Waals surface area contributed by atoms with Gasteiger partial charge in [0.15, 0.2) is 17.5 Å². The summed E-state index contributed by atoms with van der Waals surface area (Å²) >= 11 is 13.6. The number of ether oxygens (including phenoxy) is 1. The monoisotopic (exact) mass is 670 g/mol. The molecule has 0 radical (unpaired) electrons. The number of nitriles is 1. The number of amides is 3. The number of amidine groups is 1. The minimum atomic E-state index is -0.796. The van der Waals surface area contributed by atoms with Crippen molar-refractivity contribution in [3.63, 3.8) is 0 Å². The average Bonchev–Trinajstić information content (AvgIpc) is 3.06. The summed E-state index contributed by atoms with van der Waals surface area (Å²) in [6.45, 7) is 5.16. The van der Waals surface area contributed by atoms with Crippen LogP contribution in [0.25, 0.3) is 6.08 Å². The predicted molar refractivity (Wildman–Crippen MR) is 183 cm³/mol. The van der Waals surface area contributed by atoms with Crippen LogP contribution >= 0.6 is 35.0 Å². The van der Waals surface area contributed by atoms with Crippen molar-refractivity contribution in [3.8, 4) is 11.8 Å². The van der Waals surface area contributed by atoms with Crippen LogP contribution in [-0.2, 0) is 14.4 Å². The molecule has 3 amide bonds. The Kier molecular flexibility index (Phi) is 12.1. The van der Waals surface area contributed by atoms with Gasteiger partial charge in [-0.3, -0.25) is 19.3 Å². The van der Waals surface area contributed by atoms with Crippen LogP contribution in [0.4, 0.5) is 0 Å². The zero-order chi connectivity index (χ0) is 33.1. The molecule has 1 N–H and O–H groups in total. The van der Waals surface area contributed by atoms with E-state index in [9.17, 15) is 14.4 Å². The third-order valence-electron chi connectivity index (χ3n) is 6.53. The van der Waals surface area contributed by atoms with E-state index in [0.29, 0.717) is 11.3 Å². The van der Waals surface area contributed by atoms with Gasteiger partial charge < -0.3 is 10.1 Å². The maximum atomic E-state index is 13.9. The van der Waals surface area contributed by atoms with Gasteiger partial charge >= 0.3 is 0 Å². The molecule has 1 heterocycles. The van der Waals surface area contributed by atoms with Crippen LogP contribution in [0, 0.1) is 11.3 Å². The lowest BCUT2D eigenvalue weighted by Crippen LogP contribution is -2.42. The Morgan fingerprint density at radius 2 is 1.70 bits per heavy atom. The lowest BCUT2D eigenvalue weighted by molar-refractivity contribution is -0.126. The highest BCUT2D eigenvalue weighted by molar-refractivity contribution is 8.14. The number of rotatable bonds is 11. The van der Waals surface area contributed by atoms with E-state index in [0.717, 1.165) is 22.9 Å². The smallest absolute Gasteiger partial charge is 0.285 e. The van der Waals surface area contributed by atoms with Crippen molar-refractivity contribution in [2.45, 2.75) is 13.0 Å². The highest BCUT2D eigenvalue weighted by atomic mass is 35.5. The molecule has 0 spiro atoms. The first-order valence-electron chi connectivity index (χ1n) is 13.9. The van der Waals surface area contributed by atoms with E-state index in [-0.39, 0.29) is 44.8 Å². The summed E-state index contributed by atoms with van der Waals surface area (Å²) in [5, 5.41) is 12.1. The van der Waals surface area contributed by atoms with Crippen molar-refractivity contribution in [3.05, 3.63) is 142 Å². The number of nitrogens with zero attached hydrogens (tertiary/aromatic N) is 3. The molecule has 0 aromatic heterocycles. The fourth-order valence-corrected chi connectivity index (χ4v) is 5.89. The first-order valence-corrected chi connectivity index (χ1v) is 15.7. The Labute approximate surface area is 281 Å². The second-order valence-corrected chi connectivity index (χ2v) is 11.3. The Balaban J connectivity index is 1.63. The summed E-state index contributed by atoms with van der Waals surface area (Å²) in [5.74, 6) is -1.79. The Morgan fingerprint density at radius 3 is 2.24 bits per heavy atom. The topological polar surface area (TPSA) is 112 Å². The fourth-order valence-electron chi connectivity index (χ4n) is 4.47. The highest BCUT2D eigenvalue weighted by Gasteiger charge is 2.35. The van der Waals surface area contributed by atoms with Crippen LogP contribution in [0.5, 0.6) is 5.75 Å². The number of halogens is 2. The zero-order valence-electron chi connectivity index (χ0n) is 24.7. The molecule has 1 aliphatic heterocycles. The second kappa shape index (κ2) is 16.4. The largest absolute Gasteiger partial charge is 0.476 e. The number of aliphatic imine (C=N–C) groups is 1. The molecule has 0 saturated heterocycles. The van der Waals surface area contributed by atoms with Gasteiger partial charge in [0, 0.05) is 5.70 Å². The molecule has 11 heteroatoms. The van der Waals surface area contributed by atoms with Gasteiger partial charge in [0.05, 0.1) is 21.8 Å². The Bertz CT molecular complexity index is 1740. The highest BCUT2D eigenvalue weighted by Crippen LogP contribution is 2.35. The van der Waals surface area contributed by atoms with Crippen molar-refractivity contribution in [1.82, 2.24) is 10.2 Å². The van der Waals surface area contributed by atoms with Crippen LogP contribution in [0.1, 0.15) is 29.7 Å². The molecule has 4 rings (SSSR count). The molecule has 0 bridgehead atoms. The van der Waals surface area contributed by atoms with Gasteiger partial charge in [0.25, 0.3) is 11.8 Å². The standard InChI is InChI=1S/C35H28Cl2N4O4S/c1-3-5-16-26(4-2)41-34(44)27(19-23-20-28(36)32(29(37)21-23)45-18-17-38)33(43)40-35(41)46-22-30(42)39-31(24-12-8-6-9-13-24)25-14-10-7-11-15-25/h3-16,19-21,31H,1,18,22H2,2H3,(H,39,42)/b16-5-,26-4+,27-19+. The van der Waals surface area contributed by atoms with Crippen LogP contribution < -0.4 is 10.1 Å². The Morgan fingerprint density at radius 1 is 1.09 bits per heavy atom. The number of allylic oxidation sites excluding steroid dienone is 4. The van der Waals surface area contributed by atoms with E-state index in [1.54, 1.807) is 31.2 Å². The van der Waals surface area contributed by atoms with Gasteiger partial charge in [-0.25, -0.2) is 0 Å². The molecule has 0 aliphatic carbocycles. The molecular weight excluding hydrogens is 643 g/mol. The van der Waals surface area contributed by atoms with Gasteiger partial charge in [-0.1, -0.05) is 120 Å². The number of benzene rings is 3. The second-order valence-electron chi connectivity index (χ2n) is 9.58. The first-order chi connectivity index (χ1) is 22.3. The number of hydrogen-bond acceptors (Lipinski definition) is 6. The summed E-state index contributed by atoms with van der Waals surface area (Å²) in [7, 11) is 0. The van der Waals surface area contributed by atoms with Crippen LogP contribution in [0.15, 0.2) is 120 Å². The number of nitrogens with one attached hydrogen (secondary N) is 1. The SMILES string of the molecule is C=C/C=C\C(=C/C)N1C(=O)/C(=C/c2cc(Cl)c(OCC#N)c(Cl)c2)C(=O)N=C1SCC(=O)NC(c1ccccc1)c1ccccc1. The zero-order valence-corrected chi connectivity index (χ0v) is 27.0. The predicted octanol–water partition coefficient (Wildman–Crippen LogP) is 7.29. The van der Waals surface area contributed by atoms with Gasteiger partial charge in [0.1, 0.15) is 11.6 Å². The normalized spacial score (nSPS) is 14.4. The maximum Gasteiger partial charge on any atom is 0.285 e. The lowest BCUT2D eigenvalue weighted by atomic mass is 9.99. The summed E-state index contributed by atoms with van der Waals surface area (Å²) in [6.07, 6.45) is 7.84. The summed E-state index contributed by atoms with van der Waals surface area (Å²) < 4.78 is 5.27. The minimum Gasteiger partial charge on any atom is -0.476 e. The number of thioether (sulfide) groups is 1. The molecule has 0 atom stereocenters. The van der Waals surface area contributed by atoms with E-state index in [4.69, 9.17) is 33.2 Å². The van der Waals surface area contributed by atoms with E-state index in [1.807, 2.05) is 66.7 Å². The van der Waals surface area contributed by atoms with Crippen molar-refractivity contribution >= 4 is 63.9 Å². The van der Waals surface area contributed by atoms with Crippen molar-refractivity contribution in [2.75, 3.05) is 12.4 Å². The summed E-state index contributed by atoms with van der Waals surface area (Å²) in [4.78, 5) is 45.9. The number of carbonyl (C=O) groups excluding carboxylic acids is 3. The van der Waals surface area contributed by atoms with Crippen LogP contribution in [0.3, 0.4) is 0 Å². The summed E-state index contributed by atoms with van der Waals surface area (Å²) in [5.41, 5.74) is 2.32. The van der Waals surface area contributed by atoms with Gasteiger partial charge in [-0.2, -0.15) is 10.3 Å². The van der Waals surface area contributed by atoms with Crippen molar-refractivity contribution in [2.24, 2.45) is 4.99 Å². The van der Waals surface area contributed by atoms with Crippen LogP contribution in [-0.4, -0.2) is 40.1 Å². The third-order valence-corrected chi connectivity index (χ3v) is 8.03. The molecule has 3 aromatic rings. The molecule has 0 unspecified atom stereocenters. The number of carbonyl (C=O) groups is 3. The molecular formula is C35H28Cl2N4O4S. The minimum absolute atomic E-state index is 0.0383. The molecule has 8 nitrogen and oxygen atoms in total. The van der Waals surface area contributed by atoms with Crippen molar-refractivity contribution in [1.29, 1.82) is 5.26 Å². The number of hydrogen-bond donors (Lipinski definition) is 1. The van der Waals surface area contributed by atoms with E-state index in [2.05, 4.69) is 16.9 Å². The van der Waals surface area contributed by atoms with E-state index in [1.165, 1.54) is 23.1 Å². The molecule has 0 fully saturated rings. The lowest BCUT2D eigenvalue weighted by Gasteiger charge is -2.28. The molecule has 46 heavy (non-hydrogen) atoms. The molecule has 232 valence electrons. The van der Waals surface area contributed by atoms with Gasteiger partial charge in [0.2, 0.25) is 5.91 Å². The average molecular weight is 672 g/mol. The van der Waals surface area contributed by atoms with E-state index < -0.39 is 17.9 Å². The maximum absolute atomic E-state index is 13.9. The molecule has 1 aliphatic rings. The van der Waals surface area contributed by atoms with E-state index >= 15 is 0 Å². The van der Waals surface area contributed by atoms with Gasteiger partial charge in [-0.05, 0) is 47.9 Å². The first kappa shape index (κ1) is 34.0. The fraction of sp³-hybridized carbons (Fsp3) is 0.114. The summed E-state index contributed by atoms with van der Waals surface area (Å²) in [6, 6.07) is 23.5. The Hall–Kier alpha value is -4.88. The molecule has 0 saturated carbocycles. The van der Waals surface area contributed by atoms with Crippen molar-refractivity contribution < 1.29 is 19.1 Å². The van der Waals surface area contributed by atoms with Gasteiger partial charge in [-0.15, -0.1) is 0 Å².